The number of hydrogen-bond donors (Lipinski definition) is 2. The first-order chi connectivity index (χ1) is 13.2. The zero-order valence-electron chi connectivity index (χ0n) is 14.7. The SMILES string of the molecule is Cc1ccccc1CNc1cc(C(=O)Nc2ccc3c(c2)OCO3)ncn1. The molecule has 1 amide bonds. The first kappa shape index (κ1) is 16.8. The van der Waals surface area contributed by atoms with Gasteiger partial charge in [0.2, 0.25) is 6.79 Å². The van der Waals surface area contributed by atoms with Gasteiger partial charge in [0.05, 0.1) is 0 Å². The van der Waals surface area contributed by atoms with Crippen LogP contribution < -0.4 is 20.1 Å². The highest BCUT2D eigenvalue weighted by molar-refractivity contribution is 6.03. The molecule has 2 N–H and O–H groups in total. The summed E-state index contributed by atoms with van der Waals surface area (Å²) in [6.45, 7) is 2.86. The van der Waals surface area contributed by atoms with Gasteiger partial charge >= 0.3 is 0 Å². The molecule has 0 aliphatic carbocycles. The largest absolute Gasteiger partial charge is 0.454 e. The van der Waals surface area contributed by atoms with Gasteiger partial charge in [0.15, 0.2) is 11.5 Å². The molecular formula is C20H18N4O3. The Hall–Kier alpha value is -3.61. The lowest BCUT2D eigenvalue weighted by molar-refractivity contribution is 0.102. The van der Waals surface area contributed by atoms with Crippen molar-refractivity contribution in [1.82, 2.24) is 9.97 Å². The van der Waals surface area contributed by atoms with E-state index in [4.69, 9.17) is 9.47 Å². The second kappa shape index (κ2) is 7.33. The average Bonchev–Trinajstić information content (AvgIpc) is 3.15. The lowest BCUT2D eigenvalue weighted by Gasteiger charge is -2.09. The van der Waals surface area contributed by atoms with Crippen LogP contribution in [0.25, 0.3) is 0 Å². The van der Waals surface area contributed by atoms with E-state index in [1.54, 1.807) is 24.3 Å². The Labute approximate surface area is 156 Å². The molecule has 136 valence electrons. The number of fused-ring (bicyclic) bond motifs is 1. The predicted molar refractivity (Wildman–Crippen MR) is 101 cm³/mol. The summed E-state index contributed by atoms with van der Waals surface area (Å²) in [6, 6.07) is 15.0. The molecule has 3 aromatic rings. The number of nitrogens with one attached hydrogen (secondary N) is 2. The van der Waals surface area contributed by atoms with Crippen molar-refractivity contribution in [2.75, 3.05) is 17.4 Å². The normalized spacial score (nSPS) is 11.9. The number of ether oxygens (including phenoxy) is 2. The molecule has 0 fully saturated rings. The van der Waals surface area contributed by atoms with Gasteiger partial charge < -0.3 is 20.1 Å². The van der Waals surface area contributed by atoms with Crippen LogP contribution in [0.5, 0.6) is 11.5 Å². The fourth-order valence-corrected chi connectivity index (χ4v) is 2.74. The molecular weight excluding hydrogens is 344 g/mol. The number of rotatable bonds is 5. The van der Waals surface area contributed by atoms with Gasteiger partial charge in [-0.3, -0.25) is 4.79 Å². The van der Waals surface area contributed by atoms with E-state index in [2.05, 4.69) is 39.7 Å². The van der Waals surface area contributed by atoms with Crippen molar-refractivity contribution in [3.05, 3.63) is 71.7 Å². The Morgan fingerprint density at radius 2 is 1.93 bits per heavy atom. The molecule has 1 aliphatic heterocycles. The van der Waals surface area contributed by atoms with Crippen LogP contribution in [0.1, 0.15) is 21.6 Å². The quantitative estimate of drug-likeness (QED) is 0.724. The number of aryl methyl sites for hydroxylation is 1. The average molecular weight is 362 g/mol. The van der Waals surface area contributed by atoms with Gasteiger partial charge in [0.25, 0.3) is 5.91 Å². The van der Waals surface area contributed by atoms with Crippen LogP contribution in [0.2, 0.25) is 0 Å². The number of anilines is 2. The van der Waals surface area contributed by atoms with Crippen LogP contribution in [0.4, 0.5) is 11.5 Å². The molecule has 27 heavy (non-hydrogen) atoms. The van der Waals surface area contributed by atoms with Gasteiger partial charge in [0.1, 0.15) is 17.8 Å². The van der Waals surface area contributed by atoms with E-state index in [0.717, 1.165) is 0 Å². The molecule has 0 unspecified atom stereocenters. The smallest absolute Gasteiger partial charge is 0.274 e. The standard InChI is InChI=1S/C20H18N4O3/c1-13-4-2-3-5-14(13)10-21-19-9-16(22-11-23-19)20(25)24-15-6-7-17-18(8-15)27-12-26-17/h2-9,11H,10,12H2,1H3,(H,24,25)(H,21,22,23). The highest BCUT2D eigenvalue weighted by atomic mass is 16.7. The summed E-state index contributed by atoms with van der Waals surface area (Å²) in [4.78, 5) is 20.7. The predicted octanol–water partition coefficient (Wildman–Crippen LogP) is 3.38. The summed E-state index contributed by atoms with van der Waals surface area (Å²) < 4.78 is 10.6. The zero-order chi connectivity index (χ0) is 18.6. The van der Waals surface area contributed by atoms with Crippen LogP contribution in [0.3, 0.4) is 0 Å². The van der Waals surface area contributed by atoms with Gasteiger partial charge in [-0.2, -0.15) is 0 Å². The summed E-state index contributed by atoms with van der Waals surface area (Å²) in [5, 5.41) is 6.03. The molecule has 0 spiro atoms. The fourth-order valence-electron chi connectivity index (χ4n) is 2.74. The highest BCUT2D eigenvalue weighted by Crippen LogP contribution is 2.34. The lowest BCUT2D eigenvalue weighted by atomic mass is 10.1. The summed E-state index contributed by atoms with van der Waals surface area (Å²) in [5.74, 6) is 1.54. The van der Waals surface area contributed by atoms with Crippen LogP contribution in [0, 0.1) is 6.92 Å². The topological polar surface area (TPSA) is 85.4 Å². The Balaban J connectivity index is 1.44. The number of benzene rings is 2. The molecule has 7 heteroatoms. The molecule has 0 bridgehead atoms. The highest BCUT2D eigenvalue weighted by Gasteiger charge is 2.15. The second-order valence-electron chi connectivity index (χ2n) is 6.09. The maximum atomic E-state index is 12.5. The zero-order valence-corrected chi connectivity index (χ0v) is 14.7. The van der Waals surface area contributed by atoms with Gasteiger partial charge in [-0.05, 0) is 30.2 Å². The van der Waals surface area contributed by atoms with E-state index in [-0.39, 0.29) is 18.4 Å². The molecule has 7 nitrogen and oxygen atoms in total. The van der Waals surface area contributed by atoms with E-state index in [9.17, 15) is 4.79 Å². The number of carbonyl (C=O) groups excluding carboxylic acids is 1. The van der Waals surface area contributed by atoms with E-state index in [1.165, 1.54) is 17.5 Å². The van der Waals surface area contributed by atoms with Crippen molar-refractivity contribution < 1.29 is 14.3 Å². The molecule has 0 atom stereocenters. The van der Waals surface area contributed by atoms with Crippen LogP contribution in [-0.4, -0.2) is 22.7 Å². The minimum Gasteiger partial charge on any atom is -0.454 e. The third-order valence-corrected chi connectivity index (χ3v) is 4.25. The molecule has 2 aromatic carbocycles. The van der Waals surface area contributed by atoms with Gasteiger partial charge in [0, 0.05) is 24.4 Å². The second-order valence-corrected chi connectivity index (χ2v) is 6.09. The Morgan fingerprint density at radius 3 is 2.81 bits per heavy atom. The summed E-state index contributed by atoms with van der Waals surface area (Å²) in [6.07, 6.45) is 1.37. The van der Waals surface area contributed by atoms with Gasteiger partial charge in [-0.25, -0.2) is 9.97 Å². The first-order valence-electron chi connectivity index (χ1n) is 8.50. The van der Waals surface area contributed by atoms with Gasteiger partial charge in [-0.1, -0.05) is 24.3 Å². The fraction of sp³-hybridized carbons (Fsp3) is 0.150. The number of amides is 1. The third kappa shape index (κ3) is 3.82. The van der Waals surface area contributed by atoms with Crippen molar-refractivity contribution in [3.63, 3.8) is 0 Å². The van der Waals surface area contributed by atoms with E-state index < -0.39 is 0 Å². The maximum Gasteiger partial charge on any atom is 0.274 e. The van der Waals surface area contributed by atoms with E-state index in [0.29, 0.717) is 29.5 Å². The van der Waals surface area contributed by atoms with Gasteiger partial charge in [-0.15, -0.1) is 0 Å². The van der Waals surface area contributed by atoms with Crippen LogP contribution in [0.15, 0.2) is 54.9 Å². The molecule has 0 radical (unpaired) electrons. The Kier molecular flexibility index (Phi) is 4.57. The van der Waals surface area contributed by atoms with Crippen molar-refractivity contribution in [2.45, 2.75) is 13.5 Å². The molecule has 4 rings (SSSR count). The van der Waals surface area contributed by atoms with Crippen LogP contribution in [-0.2, 0) is 6.54 Å². The number of aromatic nitrogens is 2. The first-order valence-corrected chi connectivity index (χ1v) is 8.50. The summed E-state index contributed by atoms with van der Waals surface area (Å²) >= 11 is 0. The Morgan fingerprint density at radius 1 is 1.07 bits per heavy atom. The third-order valence-electron chi connectivity index (χ3n) is 4.25. The number of nitrogens with zero attached hydrogens (tertiary/aromatic N) is 2. The number of hydrogen-bond acceptors (Lipinski definition) is 6. The molecule has 1 aliphatic rings. The molecule has 0 saturated carbocycles. The lowest BCUT2D eigenvalue weighted by Crippen LogP contribution is -2.14. The Bertz CT molecular complexity index is 990. The maximum absolute atomic E-state index is 12.5. The van der Waals surface area contributed by atoms with Crippen molar-refractivity contribution in [3.8, 4) is 11.5 Å². The minimum atomic E-state index is -0.324. The number of carbonyl (C=O) groups is 1. The molecule has 1 aromatic heterocycles. The van der Waals surface area contributed by atoms with E-state index in [1.807, 2.05) is 12.1 Å². The minimum absolute atomic E-state index is 0.189. The summed E-state index contributed by atoms with van der Waals surface area (Å²) in [7, 11) is 0. The van der Waals surface area contributed by atoms with Crippen molar-refractivity contribution in [2.24, 2.45) is 0 Å². The van der Waals surface area contributed by atoms with Crippen molar-refractivity contribution in [1.29, 1.82) is 0 Å². The van der Waals surface area contributed by atoms with Crippen molar-refractivity contribution >= 4 is 17.4 Å². The molecule has 2 heterocycles. The molecule has 0 saturated heterocycles. The van der Waals surface area contributed by atoms with E-state index >= 15 is 0 Å². The monoisotopic (exact) mass is 362 g/mol. The van der Waals surface area contributed by atoms with Crippen LogP contribution >= 0.6 is 0 Å². The summed E-state index contributed by atoms with van der Waals surface area (Å²) in [5.41, 5.74) is 3.24.